The minimum atomic E-state index is -0.559. The molecule has 2 rings (SSSR count). The minimum absolute atomic E-state index is 0.103. The summed E-state index contributed by atoms with van der Waals surface area (Å²) >= 11 is 0. The van der Waals surface area contributed by atoms with Crippen LogP contribution in [0, 0.1) is 0 Å². The highest BCUT2D eigenvalue weighted by Gasteiger charge is 2.21. The molecule has 0 bridgehead atoms. The molecular formula is C18H24N2O. The first-order valence-corrected chi connectivity index (χ1v) is 7.34. The predicted molar refractivity (Wildman–Crippen MR) is 87.1 cm³/mol. The summed E-state index contributed by atoms with van der Waals surface area (Å²) in [6, 6.07) is 19.8. The summed E-state index contributed by atoms with van der Waals surface area (Å²) in [6.07, 6.45) is -0.559. The Balaban J connectivity index is 2.15. The molecule has 3 nitrogen and oxygen atoms in total. The third-order valence-electron chi connectivity index (χ3n) is 3.54. The molecule has 2 N–H and O–H groups in total. The summed E-state index contributed by atoms with van der Waals surface area (Å²) in [6.45, 7) is 1.77. The third kappa shape index (κ3) is 4.67. The van der Waals surface area contributed by atoms with Crippen molar-refractivity contribution in [2.24, 2.45) is 0 Å². The van der Waals surface area contributed by atoms with E-state index in [2.05, 4.69) is 22.3 Å². The Bertz CT molecular complexity index is 513. The number of nitrogens with one attached hydrogen (secondary N) is 1. The van der Waals surface area contributed by atoms with Crippen molar-refractivity contribution < 1.29 is 5.11 Å². The van der Waals surface area contributed by atoms with Gasteiger partial charge in [-0.2, -0.15) is 0 Å². The monoisotopic (exact) mass is 284 g/mol. The molecule has 0 unspecified atom stereocenters. The quantitative estimate of drug-likeness (QED) is 0.820. The Kier molecular flexibility index (Phi) is 5.93. The molecule has 0 saturated carbocycles. The number of hydrogen-bond donors (Lipinski definition) is 2. The van der Waals surface area contributed by atoms with Crippen LogP contribution >= 0.6 is 0 Å². The van der Waals surface area contributed by atoms with E-state index in [1.54, 1.807) is 0 Å². The molecule has 3 heteroatoms. The van der Waals surface area contributed by atoms with Crippen LogP contribution in [0.5, 0.6) is 0 Å². The van der Waals surface area contributed by atoms with Crippen LogP contribution in [0.1, 0.15) is 23.3 Å². The fraction of sp³-hybridized carbons (Fsp3) is 0.333. The van der Waals surface area contributed by atoms with Crippen molar-refractivity contribution >= 4 is 0 Å². The van der Waals surface area contributed by atoms with Gasteiger partial charge >= 0.3 is 0 Å². The molecule has 0 fully saturated rings. The summed E-state index contributed by atoms with van der Waals surface area (Å²) in [7, 11) is 4.10. The normalized spacial score (nSPS) is 14.1. The molecule has 0 heterocycles. The fourth-order valence-electron chi connectivity index (χ4n) is 2.36. The molecule has 2 aromatic carbocycles. The number of likely N-dealkylation sites (N-methyl/N-ethyl adjacent to an activating group) is 1. The molecular weight excluding hydrogens is 260 g/mol. The summed E-state index contributed by atoms with van der Waals surface area (Å²) in [4.78, 5) is 2.13. The second-order valence-electron chi connectivity index (χ2n) is 5.50. The zero-order chi connectivity index (χ0) is 15.1. The van der Waals surface area contributed by atoms with Crippen LogP contribution in [0.3, 0.4) is 0 Å². The lowest BCUT2D eigenvalue weighted by atomic mass is 9.96. The molecule has 0 aliphatic rings. The lowest BCUT2D eigenvalue weighted by Gasteiger charge is -2.26. The number of benzene rings is 2. The van der Waals surface area contributed by atoms with Crippen LogP contribution < -0.4 is 5.32 Å². The first-order valence-electron chi connectivity index (χ1n) is 7.34. The second kappa shape index (κ2) is 7.93. The molecule has 2 aromatic rings. The van der Waals surface area contributed by atoms with Crippen LogP contribution in [0.4, 0.5) is 0 Å². The summed E-state index contributed by atoms with van der Waals surface area (Å²) in [5, 5.41) is 14.2. The Morgan fingerprint density at radius 1 is 0.905 bits per heavy atom. The van der Waals surface area contributed by atoms with Crippen molar-refractivity contribution in [3.8, 4) is 0 Å². The van der Waals surface area contributed by atoms with Crippen molar-refractivity contribution in [3.63, 3.8) is 0 Å². The summed E-state index contributed by atoms with van der Waals surface area (Å²) in [5.41, 5.74) is 2.04. The van der Waals surface area contributed by atoms with Gasteiger partial charge in [0.2, 0.25) is 0 Å². The van der Waals surface area contributed by atoms with E-state index in [1.807, 2.05) is 62.6 Å². The molecule has 0 spiro atoms. The number of hydrogen-bond acceptors (Lipinski definition) is 3. The molecule has 2 atom stereocenters. The molecule has 0 aliphatic heterocycles. The maximum absolute atomic E-state index is 10.7. The zero-order valence-corrected chi connectivity index (χ0v) is 12.7. The average Bonchev–Trinajstić information content (AvgIpc) is 2.52. The predicted octanol–water partition coefficient (Wildman–Crippen LogP) is 2.61. The topological polar surface area (TPSA) is 35.5 Å². The van der Waals surface area contributed by atoms with Gasteiger partial charge in [-0.05, 0) is 25.2 Å². The summed E-state index contributed by atoms with van der Waals surface area (Å²) in [5.74, 6) is 0. The van der Waals surface area contributed by atoms with Gasteiger partial charge in [-0.25, -0.2) is 0 Å². The zero-order valence-electron chi connectivity index (χ0n) is 12.7. The van der Waals surface area contributed by atoms with Crippen LogP contribution in [-0.4, -0.2) is 37.2 Å². The van der Waals surface area contributed by atoms with Crippen molar-refractivity contribution in [2.45, 2.75) is 12.1 Å². The third-order valence-corrected chi connectivity index (χ3v) is 3.54. The van der Waals surface area contributed by atoms with Gasteiger partial charge in [0.15, 0.2) is 0 Å². The van der Waals surface area contributed by atoms with Gasteiger partial charge in [0.25, 0.3) is 0 Å². The standard InChI is InChI=1S/C18H24N2O/c1-20(2)14-13-19-17(15-9-5-3-6-10-15)18(21)16-11-7-4-8-12-16/h3-12,17-19,21H,13-14H2,1-2H3/t17-,18+/m0/s1. The first kappa shape index (κ1) is 15.7. The molecule has 0 radical (unpaired) electrons. The Hall–Kier alpha value is -1.68. The highest BCUT2D eigenvalue weighted by molar-refractivity contribution is 5.26. The lowest BCUT2D eigenvalue weighted by Crippen LogP contribution is -2.33. The van der Waals surface area contributed by atoms with Crippen LogP contribution in [-0.2, 0) is 0 Å². The van der Waals surface area contributed by atoms with E-state index < -0.39 is 6.10 Å². The summed E-state index contributed by atoms with van der Waals surface area (Å²) < 4.78 is 0. The van der Waals surface area contributed by atoms with Gasteiger partial charge < -0.3 is 15.3 Å². The number of aliphatic hydroxyl groups excluding tert-OH is 1. The molecule has 0 amide bonds. The SMILES string of the molecule is CN(C)CCN[C@@H](c1ccccc1)[C@H](O)c1ccccc1. The van der Waals surface area contributed by atoms with Crippen LogP contribution in [0.2, 0.25) is 0 Å². The molecule has 0 aliphatic carbocycles. The van der Waals surface area contributed by atoms with E-state index in [-0.39, 0.29) is 6.04 Å². The van der Waals surface area contributed by atoms with Gasteiger partial charge in [0.1, 0.15) is 0 Å². The van der Waals surface area contributed by atoms with Crippen molar-refractivity contribution in [1.29, 1.82) is 0 Å². The van der Waals surface area contributed by atoms with Gasteiger partial charge in [0, 0.05) is 13.1 Å². The fourth-order valence-corrected chi connectivity index (χ4v) is 2.36. The van der Waals surface area contributed by atoms with E-state index in [9.17, 15) is 5.11 Å². The van der Waals surface area contributed by atoms with Crippen LogP contribution in [0.15, 0.2) is 60.7 Å². The smallest absolute Gasteiger partial charge is 0.0984 e. The second-order valence-corrected chi connectivity index (χ2v) is 5.50. The van der Waals surface area contributed by atoms with Crippen molar-refractivity contribution in [2.75, 3.05) is 27.2 Å². The molecule has 0 saturated heterocycles. The van der Waals surface area contributed by atoms with Gasteiger partial charge in [-0.3, -0.25) is 0 Å². The Labute approximate surface area is 127 Å². The average molecular weight is 284 g/mol. The van der Waals surface area contributed by atoms with E-state index >= 15 is 0 Å². The number of rotatable bonds is 7. The molecule has 112 valence electrons. The van der Waals surface area contributed by atoms with E-state index in [0.717, 1.165) is 24.2 Å². The van der Waals surface area contributed by atoms with Crippen LogP contribution in [0.25, 0.3) is 0 Å². The first-order chi connectivity index (χ1) is 10.2. The lowest BCUT2D eigenvalue weighted by molar-refractivity contribution is 0.127. The van der Waals surface area contributed by atoms with Gasteiger partial charge in [-0.15, -0.1) is 0 Å². The number of aliphatic hydroxyl groups is 1. The van der Waals surface area contributed by atoms with E-state index in [1.165, 1.54) is 0 Å². The van der Waals surface area contributed by atoms with Crippen molar-refractivity contribution in [3.05, 3.63) is 71.8 Å². The Morgan fingerprint density at radius 2 is 1.43 bits per heavy atom. The highest BCUT2D eigenvalue weighted by atomic mass is 16.3. The molecule has 21 heavy (non-hydrogen) atoms. The van der Waals surface area contributed by atoms with Gasteiger partial charge in [-0.1, -0.05) is 60.7 Å². The largest absolute Gasteiger partial charge is 0.386 e. The van der Waals surface area contributed by atoms with Gasteiger partial charge in [0.05, 0.1) is 12.1 Å². The van der Waals surface area contributed by atoms with E-state index in [4.69, 9.17) is 0 Å². The Morgan fingerprint density at radius 3 is 1.95 bits per heavy atom. The molecule has 0 aromatic heterocycles. The maximum atomic E-state index is 10.7. The van der Waals surface area contributed by atoms with Crippen molar-refractivity contribution in [1.82, 2.24) is 10.2 Å². The van der Waals surface area contributed by atoms with E-state index in [0.29, 0.717) is 0 Å². The minimum Gasteiger partial charge on any atom is -0.386 e. The number of nitrogens with zero attached hydrogens (tertiary/aromatic N) is 1. The maximum Gasteiger partial charge on any atom is 0.0984 e. The highest BCUT2D eigenvalue weighted by Crippen LogP contribution is 2.28.